The molecule has 3 aliphatic heterocycles. The van der Waals surface area contributed by atoms with Crippen molar-refractivity contribution in [1.82, 2.24) is 15.0 Å². The second kappa shape index (κ2) is 9.32. The van der Waals surface area contributed by atoms with E-state index in [1.165, 1.54) is 10.8 Å². The maximum absolute atomic E-state index is 12.8. The molecule has 2 bridgehead atoms. The molecule has 1 aromatic rings. The van der Waals surface area contributed by atoms with Gasteiger partial charge in [0.25, 0.3) is 5.56 Å². The number of hydrogen-bond acceptors (Lipinski definition) is 8. The Bertz CT molecular complexity index is 1040. The molecule has 0 aliphatic carbocycles. The number of hydroxylamine groups is 1. The summed E-state index contributed by atoms with van der Waals surface area (Å²) >= 11 is 0. The van der Waals surface area contributed by atoms with E-state index in [1.807, 2.05) is 0 Å². The van der Waals surface area contributed by atoms with Crippen molar-refractivity contribution in [1.29, 1.82) is 0 Å². The summed E-state index contributed by atoms with van der Waals surface area (Å²) in [5, 5.41) is 0. The van der Waals surface area contributed by atoms with E-state index in [0.29, 0.717) is 12.1 Å². The Morgan fingerprint density at radius 2 is 1.60 bits per heavy atom. The lowest BCUT2D eigenvalue weighted by molar-refractivity contribution is -0.164. The first kappa shape index (κ1) is 26.9. The molecule has 35 heavy (non-hydrogen) atoms. The van der Waals surface area contributed by atoms with Crippen LogP contribution in [0.1, 0.15) is 67.2 Å². The molecule has 3 saturated heterocycles. The van der Waals surface area contributed by atoms with Crippen LogP contribution in [0, 0.1) is 6.92 Å². The molecule has 198 valence electrons. The molecule has 0 saturated carbocycles. The topological polar surface area (TPSA) is 113 Å². The fourth-order valence-corrected chi connectivity index (χ4v) is 17.1. The first-order valence-corrected chi connectivity index (χ1v) is 16.6. The van der Waals surface area contributed by atoms with Gasteiger partial charge in [0.2, 0.25) is 0 Å². The molecular formula is C23H41N3O7Si2. The van der Waals surface area contributed by atoms with Gasteiger partial charge in [0.15, 0.2) is 12.3 Å². The number of hydrogen-bond donors (Lipinski definition) is 2. The molecule has 3 aliphatic rings. The number of aromatic nitrogens is 2. The lowest BCUT2D eigenvalue weighted by atomic mass is 9.95. The van der Waals surface area contributed by atoms with E-state index >= 15 is 0 Å². The van der Waals surface area contributed by atoms with Crippen molar-refractivity contribution in [3.63, 3.8) is 0 Å². The van der Waals surface area contributed by atoms with Crippen LogP contribution >= 0.6 is 0 Å². The molecule has 1 unspecified atom stereocenters. The number of nitrogens with zero attached hydrogens (tertiary/aromatic N) is 1. The predicted molar refractivity (Wildman–Crippen MR) is 136 cm³/mol. The number of aryl methyl sites for hydroxylation is 1. The van der Waals surface area contributed by atoms with Crippen LogP contribution in [0.2, 0.25) is 22.2 Å². The highest BCUT2D eigenvalue weighted by molar-refractivity contribution is 6.84. The Labute approximate surface area is 209 Å². The Morgan fingerprint density at radius 1 is 1.00 bits per heavy atom. The third kappa shape index (κ3) is 4.15. The van der Waals surface area contributed by atoms with Crippen LogP contribution in [0.3, 0.4) is 0 Å². The molecule has 0 amide bonds. The third-order valence-corrected chi connectivity index (χ3v) is 18.1. The van der Waals surface area contributed by atoms with Gasteiger partial charge in [-0.2, -0.15) is 5.48 Å². The van der Waals surface area contributed by atoms with E-state index in [0.717, 1.165) is 0 Å². The smallest absolute Gasteiger partial charge is 0.335 e. The van der Waals surface area contributed by atoms with E-state index in [2.05, 4.69) is 65.9 Å². The summed E-state index contributed by atoms with van der Waals surface area (Å²) < 4.78 is 29.4. The van der Waals surface area contributed by atoms with E-state index < -0.39 is 52.4 Å². The number of ether oxygens (including phenoxy) is 1. The van der Waals surface area contributed by atoms with Gasteiger partial charge in [-0.3, -0.25) is 19.2 Å². The Kier molecular flexibility index (Phi) is 7.17. The first-order valence-electron chi connectivity index (χ1n) is 12.7. The van der Waals surface area contributed by atoms with Crippen LogP contribution in [-0.4, -0.2) is 57.6 Å². The van der Waals surface area contributed by atoms with Crippen LogP contribution < -0.4 is 16.7 Å². The minimum absolute atomic E-state index is 0.149. The third-order valence-electron chi connectivity index (χ3n) is 7.86. The normalized spacial score (nSPS) is 32.2. The molecule has 4 heterocycles. The number of nitrogens with one attached hydrogen (secondary N) is 2. The van der Waals surface area contributed by atoms with Crippen LogP contribution in [0.5, 0.6) is 0 Å². The van der Waals surface area contributed by atoms with E-state index in [4.69, 9.17) is 22.5 Å². The zero-order chi connectivity index (χ0) is 25.9. The van der Waals surface area contributed by atoms with E-state index in [-0.39, 0.29) is 28.8 Å². The van der Waals surface area contributed by atoms with E-state index in [9.17, 15) is 9.59 Å². The highest BCUT2D eigenvalue weighted by Gasteiger charge is 2.68. The summed E-state index contributed by atoms with van der Waals surface area (Å²) in [4.78, 5) is 33.2. The van der Waals surface area contributed by atoms with Gasteiger partial charge in [-0.05, 0) is 29.1 Å². The van der Waals surface area contributed by atoms with Gasteiger partial charge in [-0.15, -0.1) is 0 Å². The first-order chi connectivity index (χ1) is 16.3. The largest absolute Gasteiger partial charge is 0.414 e. The van der Waals surface area contributed by atoms with Crippen LogP contribution in [-0.2, 0) is 22.5 Å². The number of H-pyrrole nitrogens is 1. The summed E-state index contributed by atoms with van der Waals surface area (Å²) in [6, 6.07) is 0. The number of aromatic amines is 1. The van der Waals surface area contributed by atoms with Crippen LogP contribution in [0.25, 0.3) is 0 Å². The molecule has 1 aromatic heterocycles. The summed E-state index contributed by atoms with van der Waals surface area (Å²) in [6.45, 7) is 19.6. The molecule has 2 N–H and O–H groups in total. The highest BCUT2D eigenvalue weighted by atomic mass is 28.5. The Balaban J connectivity index is 1.87. The van der Waals surface area contributed by atoms with Crippen molar-refractivity contribution in [2.24, 2.45) is 0 Å². The van der Waals surface area contributed by atoms with Crippen molar-refractivity contribution in [2.45, 2.75) is 109 Å². The summed E-state index contributed by atoms with van der Waals surface area (Å²) in [5.41, 5.74) is 2.30. The minimum Gasteiger partial charge on any atom is -0.414 e. The van der Waals surface area contributed by atoms with Crippen molar-refractivity contribution in [3.05, 3.63) is 32.6 Å². The fourth-order valence-electron chi connectivity index (χ4n) is 5.82. The Morgan fingerprint density at radius 3 is 2.17 bits per heavy atom. The van der Waals surface area contributed by atoms with Crippen molar-refractivity contribution >= 4 is 17.1 Å². The van der Waals surface area contributed by atoms with Crippen molar-refractivity contribution in [3.8, 4) is 0 Å². The fraction of sp³-hybridized carbons (Fsp3) is 0.826. The van der Waals surface area contributed by atoms with Gasteiger partial charge < -0.3 is 17.7 Å². The average Bonchev–Trinajstić information content (AvgIpc) is 2.90. The SMILES string of the molecule is Cc1cn([C@@H]2O[C@@]34CNOC2[C@H]3O[Si](C(C)C)(C(C)C)O[Si](C(C)C)(C(C)C)OC4)c(=O)[nH]c1=O. The maximum Gasteiger partial charge on any atom is 0.335 e. The zero-order valence-electron chi connectivity index (χ0n) is 22.3. The molecule has 0 radical (unpaired) electrons. The minimum atomic E-state index is -2.90. The van der Waals surface area contributed by atoms with E-state index in [1.54, 1.807) is 6.92 Å². The molecule has 10 nitrogen and oxygen atoms in total. The second-order valence-electron chi connectivity index (χ2n) is 11.4. The molecule has 0 aromatic carbocycles. The zero-order valence-corrected chi connectivity index (χ0v) is 24.3. The van der Waals surface area contributed by atoms with Gasteiger partial charge in [-0.1, -0.05) is 55.4 Å². The molecule has 4 atom stereocenters. The lowest BCUT2D eigenvalue weighted by Gasteiger charge is -2.54. The summed E-state index contributed by atoms with van der Waals surface area (Å²) in [5.74, 6) is 0. The predicted octanol–water partition coefficient (Wildman–Crippen LogP) is 2.97. The van der Waals surface area contributed by atoms with Gasteiger partial charge >= 0.3 is 22.8 Å². The second-order valence-corrected chi connectivity index (χ2v) is 20.3. The van der Waals surface area contributed by atoms with Crippen LogP contribution in [0.15, 0.2) is 15.8 Å². The molecular weight excluding hydrogens is 486 g/mol. The molecule has 0 spiro atoms. The van der Waals surface area contributed by atoms with Gasteiger partial charge in [0.05, 0.1) is 13.2 Å². The number of rotatable bonds is 5. The lowest BCUT2D eigenvalue weighted by Crippen LogP contribution is -2.71. The monoisotopic (exact) mass is 527 g/mol. The maximum atomic E-state index is 12.8. The molecule has 4 rings (SSSR count). The van der Waals surface area contributed by atoms with Crippen LogP contribution in [0.4, 0.5) is 0 Å². The van der Waals surface area contributed by atoms with Gasteiger partial charge in [-0.25, -0.2) is 4.79 Å². The molecule has 12 heteroatoms. The molecule has 3 fully saturated rings. The highest BCUT2D eigenvalue weighted by Crippen LogP contribution is 2.52. The quantitative estimate of drug-likeness (QED) is 0.562. The summed E-state index contributed by atoms with van der Waals surface area (Å²) in [7, 11) is -5.66. The van der Waals surface area contributed by atoms with Gasteiger partial charge in [0.1, 0.15) is 11.7 Å². The average molecular weight is 528 g/mol. The van der Waals surface area contributed by atoms with Gasteiger partial charge in [0, 0.05) is 11.8 Å². The summed E-state index contributed by atoms with van der Waals surface area (Å²) in [6.07, 6.45) is -0.402. The Hall–Kier alpha value is -1.13. The van der Waals surface area contributed by atoms with Crippen molar-refractivity contribution < 1.29 is 22.5 Å². The van der Waals surface area contributed by atoms with Crippen molar-refractivity contribution in [2.75, 3.05) is 13.2 Å². The standard InChI is InChI=1S/C23H41N3O7Si2/c1-13(2)34(14(3)4)29-12-23-11-24-31-18(19(23)32-35(33-34,15(5)6)16(7)8)21(30-23)26-10-17(9)20(27)25-22(26)28/h10,13-16,18-19,21,24H,11-12H2,1-9H3,(H,25,27,28)/t18?,19-,21-,23-/m1/s1.